The van der Waals surface area contributed by atoms with E-state index in [1.807, 2.05) is 36.4 Å². The largest absolute Gasteiger partial charge is 0.326 e. The van der Waals surface area contributed by atoms with E-state index in [1.54, 1.807) is 11.8 Å². The van der Waals surface area contributed by atoms with Gasteiger partial charge in [0.05, 0.1) is 0 Å². The highest BCUT2D eigenvalue weighted by Crippen LogP contribution is 2.21. The molecule has 0 saturated carbocycles. The monoisotopic (exact) mass is 347 g/mol. The summed E-state index contributed by atoms with van der Waals surface area (Å²) in [4.78, 5) is 13.1. The molecule has 2 rings (SSSR count). The molecule has 0 unspecified atom stereocenters. The number of thioether (sulfide) groups is 1. The number of carbonyl (C=O) groups is 1. The Morgan fingerprint density at radius 1 is 1.09 bits per heavy atom. The van der Waals surface area contributed by atoms with Gasteiger partial charge in [-0.25, -0.2) is 0 Å². The van der Waals surface area contributed by atoms with Crippen molar-refractivity contribution in [2.75, 3.05) is 11.1 Å². The fourth-order valence-electron chi connectivity index (χ4n) is 2.13. The van der Waals surface area contributed by atoms with E-state index in [0.29, 0.717) is 12.3 Å². The Balaban J connectivity index is 1.69. The van der Waals surface area contributed by atoms with E-state index in [0.717, 1.165) is 22.9 Å². The van der Waals surface area contributed by atoms with Crippen molar-refractivity contribution < 1.29 is 4.79 Å². The molecule has 0 aliphatic rings. The minimum atomic E-state index is 0.0685. The molecular formula is C19H22ClNOS. The maximum Gasteiger partial charge on any atom is 0.224 e. The van der Waals surface area contributed by atoms with Crippen molar-refractivity contribution >= 4 is 35.0 Å². The summed E-state index contributed by atoms with van der Waals surface area (Å²) in [6, 6.07) is 15.8. The van der Waals surface area contributed by atoms with Crippen LogP contribution < -0.4 is 5.32 Å². The fourth-order valence-corrected chi connectivity index (χ4v) is 3.11. The van der Waals surface area contributed by atoms with Gasteiger partial charge in [-0.3, -0.25) is 4.79 Å². The Morgan fingerprint density at radius 2 is 1.74 bits per heavy atom. The third-order valence-corrected chi connectivity index (χ3v) is 4.84. The van der Waals surface area contributed by atoms with E-state index >= 15 is 0 Å². The van der Waals surface area contributed by atoms with E-state index in [2.05, 4.69) is 31.3 Å². The van der Waals surface area contributed by atoms with E-state index < -0.39 is 0 Å². The van der Waals surface area contributed by atoms with Crippen molar-refractivity contribution in [3.63, 3.8) is 0 Å². The number of anilines is 1. The molecule has 2 aromatic rings. The maximum atomic E-state index is 11.9. The summed E-state index contributed by atoms with van der Waals surface area (Å²) in [5.41, 5.74) is 2.15. The fraction of sp³-hybridized carbons (Fsp3) is 0.316. The van der Waals surface area contributed by atoms with E-state index in [9.17, 15) is 4.79 Å². The molecule has 1 N–H and O–H groups in total. The molecule has 1 amide bonds. The van der Waals surface area contributed by atoms with Gasteiger partial charge in [0.2, 0.25) is 5.91 Å². The number of benzene rings is 2. The predicted octanol–water partition coefficient (Wildman–Crippen LogP) is 5.97. The summed E-state index contributed by atoms with van der Waals surface area (Å²) in [5.74, 6) is 1.49. The molecule has 0 aromatic heterocycles. The standard InChI is InChI=1S/C19H22ClNOS/c1-14(2)15-5-9-17(10-6-15)21-19(22)4-3-13-23-18-11-7-16(20)8-12-18/h5-12,14H,3-4,13H2,1-2H3,(H,21,22). The summed E-state index contributed by atoms with van der Waals surface area (Å²) < 4.78 is 0. The second kappa shape index (κ2) is 8.99. The van der Waals surface area contributed by atoms with Crippen LogP contribution in [0.15, 0.2) is 53.4 Å². The Hall–Kier alpha value is -1.45. The molecule has 0 bridgehead atoms. The number of hydrogen-bond donors (Lipinski definition) is 1. The lowest BCUT2D eigenvalue weighted by molar-refractivity contribution is -0.116. The zero-order valence-corrected chi connectivity index (χ0v) is 15.1. The van der Waals surface area contributed by atoms with Crippen LogP contribution in [0, 0.1) is 0 Å². The lowest BCUT2D eigenvalue weighted by Gasteiger charge is -2.08. The number of carbonyl (C=O) groups excluding carboxylic acids is 1. The van der Waals surface area contributed by atoms with Crippen LogP contribution in [0.5, 0.6) is 0 Å². The van der Waals surface area contributed by atoms with Gasteiger partial charge in [-0.15, -0.1) is 11.8 Å². The molecule has 0 aliphatic carbocycles. The van der Waals surface area contributed by atoms with Crippen molar-refractivity contribution in [3.05, 3.63) is 59.1 Å². The molecule has 0 aliphatic heterocycles. The molecule has 2 nitrogen and oxygen atoms in total. The third kappa shape index (κ3) is 6.28. The van der Waals surface area contributed by atoms with Crippen LogP contribution in [0.4, 0.5) is 5.69 Å². The first-order valence-electron chi connectivity index (χ1n) is 7.83. The van der Waals surface area contributed by atoms with E-state index in [4.69, 9.17) is 11.6 Å². The lowest BCUT2D eigenvalue weighted by atomic mass is 10.0. The SMILES string of the molecule is CC(C)c1ccc(NC(=O)CCCSc2ccc(Cl)cc2)cc1. The molecule has 4 heteroatoms. The highest BCUT2D eigenvalue weighted by atomic mass is 35.5. The first-order valence-corrected chi connectivity index (χ1v) is 9.19. The number of rotatable bonds is 7. The van der Waals surface area contributed by atoms with Crippen LogP contribution in [-0.2, 0) is 4.79 Å². The molecule has 0 saturated heterocycles. The van der Waals surface area contributed by atoms with Crippen LogP contribution in [0.1, 0.15) is 38.2 Å². The predicted molar refractivity (Wildman–Crippen MR) is 101 cm³/mol. The molecule has 23 heavy (non-hydrogen) atoms. The van der Waals surface area contributed by atoms with Gasteiger partial charge in [0.15, 0.2) is 0 Å². The van der Waals surface area contributed by atoms with Crippen molar-refractivity contribution in [1.82, 2.24) is 0 Å². The Labute approximate surface area is 147 Å². The summed E-state index contributed by atoms with van der Waals surface area (Å²) in [6.45, 7) is 4.32. The Kier molecular flexibility index (Phi) is 7.00. The smallest absolute Gasteiger partial charge is 0.224 e. The van der Waals surface area contributed by atoms with Gasteiger partial charge in [0.1, 0.15) is 0 Å². The van der Waals surface area contributed by atoms with Crippen LogP contribution in [0.2, 0.25) is 5.02 Å². The maximum absolute atomic E-state index is 11.9. The zero-order valence-electron chi connectivity index (χ0n) is 13.5. The van der Waals surface area contributed by atoms with Gasteiger partial charge in [0.25, 0.3) is 0 Å². The van der Waals surface area contributed by atoms with Crippen molar-refractivity contribution in [3.8, 4) is 0 Å². The number of hydrogen-bond acceptors (Lipinski definition) is 2. The van der Waals surface area contributed by atoms with Gasteiger partial charge < -0.3 is 5.32 Å². The third-order valence-electron chi connectivity index (χ3n) is 3.49. The highest BCUT2D eigenvalue weighted by Gasteiger charge is 2.04. The quantitative estimate of drug-likeness (QED) is 0.493. The van der Waals surface area contributed by atoms with Gasteiger partial charge in [-0.2, -0.15) is 0 Å². The van der Waals surface area contributed by atoms with Gasteiger partial charge in [-0.05, 0) is 60.1 Å². The molecule has 0 atom stereocenters. The molecular weight excluding hydrogens is 326 g/mol. The van der Waals surface area contributed by atoms with Crippen molar-refractivity contribution in [2.45, 2.75) is 37.5 Å². The van der Waals surface area contributed by atoms with Crippen LogP contribution in [-0.4, -0.2) is 11.7 Å². The van der Waals surface area contributed by atoms with Crippen LogP contribution >= 0.6 is 23.4 Å². The molecule has 0 radical (unpaired) electrons. The molecule has 0 fully saturated rings. The minimum absolute atomic E-state index is 0.0685. The zero-order chi connectivity index (χ0) is 16.7. The number of amides is 1. The number of nitrogens with one attached hydrogen (secondary N) is 1. The van der Waals surface area contributed by atoms with Crippen LogP contribution in [0.3, 0.4) is 0 Å². The van der Waals surface area contributed by atoms with E-state index in [1.165, 1.54) is 10.5 Å². The van der Waals surface area contributed by atoms with E-state index in [-0.39, 0.29) is 5.91 Å². The summed E-state index contributed by atoms with van der Waals surface area (Å²) in [6.07, 6.45) is 1.38. The first kappa shape index (κ1) is 17.9. The molecule has 0 spiro atoms. The molecule has 0 heterocycles. The molecule has 2 aromatic carbocycles. The molecule has 122 valence electrons. The normalized spacial score (nSPS) is 10.8. The van der Waals surface area contributed by atoms with Crippen LogP contribution in [0.25, 0.3) is 0 Å². The highest BCUT2D eigenvalue weighted by molar-refractivity contribution is 7.99. The minimum Gasteiger partial charge on any atom is -0.326 e. The summed E-state index contributed by atoms with van der Waals surface area (Å²) in [7, 11) is 0. The van der Waals surface area contributed by atoms with Gasteiger partial charge in [-0.1, -0.05) is 37.6 Å². The lowest BCUT2D eigenvalue weighted by Crippen LogP contribution is -2.11. The van der Waals surface area contributed by atoms with Gasteiger partial charge >= 0.3 is 0 Å². The second-order valence-corrected chi connectivity index (χ2v) is 7.34. The summed E-state index contributed by atoms with van der Waals surface area (Å²) >= 11 is 7.60. The topological polar surface area (TPSA) is 29.1 Å². The summed E-state index contributed by atoms with van der Waals surface area (Å²) in [5, 5.41) is 3.70. The number of halogens is 1. The Morgan fingerprint density at radius 3 is 2.35 bits per heavy atom. The van der Waals surface area contributed by atoms with Crippen molar-refractivity contribution in [2.24, 2.45) is 0 Å². The Bertz CT molecular complexity index is 623. The average Bonchev–Trinajstić information content (AvgIpc) is 2.54. The first-order chi connectivity index (χ1) is 11.0. The van der Waals surface area contributed by atoms with Gasteiger partial charge in [0, 0.05) is 22.0 Å². The average molecular weight is 348 g/mol. The second-order valence-electron chi connectivity index (χ2n) is 5.73. The van der Waals surface area contributed by atoms with Crippen molar-refractivity contribution in [1.29, 1.82) is 0 Å².